The Hall–Kier alpha value is -0.200. The molecule has 0 amide bonds. The third-order valence-electron chi connectivity index (χ3n) is 1.32. The SMILES string of the molecule is C1COCCO1.OCCNCCO. The van der Waals surface area contributed by atoms with Crippen molar-refractivity contribution in [1.29, 1.82) is 0 Å². The van der Waals surface area contributed by atoms with E-state index in [1.807, 2.05) is 0 Å². The molecule has 0 radical (unpaired) electrons. The summed E-state index contributed by atoms with van der Waals surface area (Å²) in [7, 11) is 0. The molecule has 5 nitrogen and oxygen atoms in total. The Bertz CT molecular complexity index is 72.7. The van der Waals surface area contributed by atoms with Gasteiger partial charge >= 0.3 is 0 Å². The topological polar surface area (TPSA) is 71.0 Å². The molecule has 0 aromatic heterocycles. The van der Waals surface area contributed by atoms with Crippen molar-refractivity contribution >= 4 is 0 Å². The third kappa shape index (κ3) is 11.8. The number of nitrogens with one attached hydrogen (secondary N) is 1. The molecule has 1 saturated heterocycles. The first kappa shape index (κ1) is 12.8. The van der Waals surface area contributed by atoms with Crippen molar-refractivity contribution in [2.45, 2.75) is 0 Å². The van der Waals surface area contributed by atoms with Gasteiger partial charge in [0.2, 0.25) is 0 Å². The van der Waals surface area contributed by atoms with Crippen LogP contribution in [0.5, 0.6) is 0 Å². The minimum absolute atomic E-state index is 0.139. The predicted molar refractivity (Wildman–Crippen MR) is 48.7 cm³/mol. The zero-order valence-corrected chi connectivity index (χ0v) is 7.87. The van der Waals surface area contributed by atoms with E-state index < -0.39 is 0 Å². The van der Waals surface area contributed by atoms with E-state index in [1.165, 1.54) is 0 Å². The lowest BCUT2D eigenvalue weighted by Gasteiger charge is -2.09. The molecule has 80 valence electrons. The molecule has 0 aromatic carbocycles. The van der Waals surface area contributed by atoms with Gasteiger partial charge in [-0.25, -0.2) is 0 Å². The minimum atomic E-state index is 0.139. The van der Waals surface area contributed by atoms with E-state index in [0.29, 0.717) is 13.1 Å². The molecular formula is C8H19NO4. The van der Waals surface area contributed by atoms with Gasteiger partial charge in [-0.15, -0.1) is 0 Å². The maximum Gasteiger partial charge on any atom is 0.0701 e. The van der Waals surface area contributed by atoms with Gasteiger partial charge in [0.15, 0.2) is 0 Å². The molecule has 13 heavy (non-hydrogen) atoms. The van der Waals surface area contributed by atoms with Crippen molar-refractivity contribution in [3.8, 4) is 0 Å². The van der Waals surface area contributed by atoms with Gasteiger partial charge in [-0.1, -0.05) is 0 Å². The summed E-state index contributed by atoms with van der Waals surface area (Å²) in [6.45, 7) is 4.53. The second kappa shape index (κ2) is 11.8. The van der Waals surface area contributed by atoms with Crippen LogP contribution in [0.2, 0.25) is 0 Å². The van der Waals surface area contributed by atoms with Gasteiger partial charge in [-0.05, 0) is 0 Å². The third-order valence-corrected chi connectivity index (χ3v) is 1.32. The van der Waals surface area contributed by atoms with Crippen molar-refractivity contribution in [3.05, 3.63) is 0 Å². The van der Waals surface area contributed by atoms with Crippen LogP contribution in [-0.2, 0) is 9.47 Å². The molecule has 1 fully saturated rings. The average molecular weight is 193 g/mol. The molecule has 1 heterocycles. The molecule has 1 aliphatic rings. The molecule has 3 N–H and O–H groups in total. The molecule has 0 aliphatic carbocycles. The van der Waals surface area contributed by atoms with Crippen LogP contribution in [0.25, 0.3) is 0 Å². The first-order valence-electron chi connectivity index (χ1n) is 4.49. The van der Waals surface area contributed by atoms with Crippen molar-refractivity contribution in [3.63, 3.8) is 0 Å². The van der Waals surface area contributed by atoms with Gasteiger partial charge in [0.05, 0.1) is 39.6 Å². The zero-order chi connectivity index (χ0) is 9.78. The highest BCUT2D eigenvalue weighted by molar-refractivity contribution is 4.40. The average Bonchev–Trinajstić information content (AvgIpc) is 2.22. The number of aliphatic hydroxyl groups excluding tert-OH is 2. The normalized spacial score (nSPS) is 16.2. The summed E-state index contributed by atoms with van der Waals surface area (Å²) in [4.78, 5) is 0. The lowest BCUT2D eigenvalue weighted by atomic mass is 10.6. The van der Waals surface area contributed by atoms with E-state index in [-0.39, 0.29) is 13.2 Å². The van der Waals surface area contributed by atoms with Crippen LogP contribution in [-0.4, -0.2) is 62.9 Å². The highest BCUT2D eigenvalue weighted by Crippen LogP contribution is 1.85. The Kier molecular flexibility index (Phi) is 11.6. The summed E-state index contributed by atoms with van der Waals surface area (Å²) in [6.07, 6.45) is 0. The molecule has 5 heteroatoms. The van der Waals surface area contributed by atoms with Crippen LogP contribution in [0.1, 0.15) is 0 Å². The monoisotopic (exact) mass is 193 g/mol. The minimum Gasteiger partial charge on any atom is -0.395 e. The van der Waals surface area contributed by atoms with Crippen molar-refractivity contribution in [2.24, 2.45) is 0 Å². The van der Waals surface area contributed by atoms with Gasteiger partial charge in [0, 0.05) is 13.1 Å². The number of hydrogen-bond acceptors (Lipinski definition) is 5. The Morgan fingerprint density at radius 1 is 0.846 bits per heavy atom. The highest BCUT2D eigenvalue weighted by atomic mass is 16.6. The van der Waals surface area contributed by atoms with E-state index in [9.17, 15) is 0 Å². The van der Waals surface area contributed by atoms with Crippen LogP contribution in [0.3, 0.4) is 0 Å². The van der Waals surface area contributed by atoms with Gasteiger partial charge < -0.3 is 25.0 Å². The Morgan fingerprint density at radius 2 is 1.23 bits per heavy atom. The number of rotatable bonds is 4. The van der Waals surface area contributed by atoms with Crippen molar-refractivity contribution in [1.82, 2.24) is 5.32 Å². The van der Waals surface area contributed by atoms with Gasteiger partial charge in [-0.2, -0.15) is 0 Å². The predicted octanol–water partition coefficient (Wildman–Crippen LogP) is -1.41. The fourth-order valence-electron chi connectivity index (χ4n) is 0.723. The summed E-state index contributed by atoms with van der Waals surface area (Å²) in [5.41, 5.74) is 0. The van der Waals surface area contributed by atoms with Gasteiger partial charge in [0.1, 0.15) is 0 Å². The summed E-state index contributed by atoms with van der Waals surface area (Å²) in [5, 5.41) is 19.1. The van der Waals surface area contributed by atoms with Crippen molar-refractivity contribution < 1.29 is 19.7 Å². The summed E-state index contributed by atoms with van der Waals surface area (Å²) in [5.74, 6) is 0. The van der Waals surface area contributed by atoms with Gasteiger partial charge in [-0.3, -0.25) is 0 Å². The number of aliphatic hydroxyl groups is 2. The summed E-state index contributed by atoms with van der Waals surface area (Å²) >= 11 is 0. The van der Waals surface area contributed by atoms with Crippen LogP contribution in [0.4, 0.5) is 0 Å². The molecule has 1 aliphatic heterocycles. The van der Waals surface area contributed by atoms with Crippen LogP contribution in [0.15, 0.2) is 0 Å². The molecule has 0 atom stereocenters. The van der Waals surface area contributed by atoms with E-state index in [2.05, 4.69) is 5.32 Å². The number of hydrogen-bond donors (Lipinski definition) is 3. The molecule has 0 aromatic rings. The van der Waals surface area contributed by atoms with E-state index in [1.54, 1.807) is 0 Å². The summed E-state index contributed by atoms with van der Waals surface area (Å²) in [6, 6.07) is 0. The smallest absolute Gasteiger partial charge is 0.0701 e. The second-order valence-corrected chi connectivity index (χ2v) is 2.42. The zero-order valence-electron chi connectivity index (χ0n) is 7.87. The Morgan fingerprint density at radius 3 is 1.46 bits per heavy atom. The van der Waals surface area contributed by atoms with Crippen LogP contribution < -0.4 is 5.32 Å². The summed E-state index contributed by atoms with van der Waals surface area (Å²) < 4.78 is 9.89. The Labute approximate surface area is 78.7 Å². The molecular weight excluding hydrogens is 174 g/mol. The lowest BCUT2D eigenvalue weighted by molar-refractivity contribution is -0.0334. The van der Waals surface area contributed by atoms with E-state index in [0.717, 1.165) is 26.4 Å². The highest BCUT2D eigenvalue weighted by Gasteiger charge is 1.94. The van der Waals surface area contributed by atoms with E-state index in [4.69, 9.17) is 19.7 Å². The standard InChI is InChI=1S/C4H11NO2.C4H8O2/c6-3-1-5-2-4-7;1-2-6-4-3-5-1/h5-7H,1-4H2;1-4H2. The molecule has 0 bridgehead atoms. The number of ether oxygens (including phenoxy) is 2. The second-order valence-electron chi connectivity index (χ2n) is 2.42. The maximum absolute atomic E-state index is 8.15. The Balaban J connectivity index is 0.000000223. The fraction of sp³-hybridized carbons (Fsp3) is 1.00. The van der Waals surface area contributed by atoms with Crippen molar-refractivity contribution in [2.75, 3.05) is 52.7 Å². The largest absolute Gasteiger partial charge is 0.395 e. The van der Waals surface area contributed by atoms with Crippen LogP contribution in [0, 0.1) is 0 Å². The van der Waals surface area contributed by atoms with Gasteiger partial charge in [0.25, 0.3) is 0 Å². The first-order chi connectivity index (χ1) is 6.41. The fourth-order valence-corrected chi connectivity index (χ4v) is 0.723. The quantitative estimate of drug-likeness (QED) is 0.479. The maximum atomic E-state index is 8.15. The first-order valence-corrected chi connectivity index (χ1v) is 4.49. The van der Waals surface area contributed by atoms with Crippen LogP contribution >= 0.6 is 0 Å². The molecule has 0 saturated carbocycles. The molecule has 0 unspecified atom stereocenters. The lowest BCUT2D eigenvalue weighted by Crippen LogP contribution is -2.21. The van der Waals surface area contributed by atoms with E-state index >= 15 is 0 Å². The molecule has 0 spiro atoms. The molecule has 1 rings (SSSR count).